The Morgan fingerprint density at radius 1 is 1.19 bits per heavy atom. The molecule has 84 valence electrons. The summed E-state index contributed by atoms with van der Waals surface area (Å²) in [5.41, 5.74) is 1.93. The molecule has 0 atom stereocenters. The molecular weight excluding hydrogens is 202 g/mol. The monoisotopic (exact) mass is 217 g/mol. The Balaban J connectivity index is 2.32. The van der Waals surface area contributed by atoms with Crippen LogP contribution >= 0.6 is 0 Å². The first-order chi connectivity index (χ1) is 7.83. The number of ether oxygens (including phenoxy) is 2. The lowest BCUT2D eigenvalue weighted by molar-refractivity contribution is 0.131. The molecule has 1 heterocycles. The van der Waals surface area contributed by atoms with Gasteiger partial charge in [-0.05, 0) is 31.2 Å². The summed E-state index contributed by atoms with van der Waals surface area (Å²) in [7, 11) is 1.66. The van der Waals surface area contributed by atoms with E-state index in [2.05, 4.69) is 4.98 Å². The van der Waals surface area contributed by atoms with Crippen LogP contribution in [0.15, 0.2) is 30.3 Å². The molecule has 16 heavy (non-hydrogen) atoms. The summed E-state index contributed by atoms with van der Waals surface area (Å²) < 4.78 is 10.5. The molecule has 2 rings (SSSR count). The molecule has 0 aliphatic rings. The third kappa shape index (κ3) is 2.31. The van der Waals surface area contributed by atoms with Crippen molar-refractivity contribution in [2.24, 2.45) is 0 Å². The molecule has 0 radical (unpaired) electrons. The summed E-state index contributed by atoms with van der Waals surface area (Å²) in [5.74, 6) is 0.854. The average molecular weight is 217 g/mol. The first kappa shape index (κ1) is 10.9. The van der Waals surface area contributed by atoms with Crippen molar-refractivity contribution in [2.75, 3.05) is 13.7 Å². The normalized spacial score (nSPS) is 10.6. The minimum atomic E-state index is 0.568. The number of benzene rings is 1. The van der Waals surface area contributed by atoms with Crippen molar-refractivity contribution in [1.82, 2.24) is 4.98 Å². The van der Waals surface area contributed by atoms with Crippen molar-refractivity contribution in [1.29, 1.82) is 0 Å². The summed E-state index contributed by atoms with van der Waals surface area (Å²) >= 11 is 0. The number of methoxy groups -OCH3 is 1. The fraction of sp³-hybridized carbons (Fsp3) is 0.308. The number of nitrogens with zero attached hydrogens (tertiary/aromatic N) is 1. The van der Waals surface area contributed by atoms with Crippen LogP contribution in [0.1, 0.15) is 12.6 Å². The van der Waals surface area contributed by atoms with E-state index >= 15 is 0 Å². The molecule has 3 nitrogen and oxygen atoms in total. The SMILES string of the molecule is CCOCc1ccc2cc(OC)ccc2n1. The van der Waals surface area contributed by atoms with Gasteiger partial charge in [0.1, 0.15) is 5.75 Å². The Hall–Kier alpha value is -1.61. The van der Waals surface area contributed by atoms with Crippen molar-refractivity contribution in [3.63, 3.8) is 0 Å². The Labute approximate surface area is 95.0 Å². The highest BCUT2D eigenvalue weighted by atomic mass is 16.5. The van der Waals surface area contributed by atoms with E-state index in [1.54, 1.807) is 7.11 Å². The maximum absolute atomic E-state index is 5.33. The van der Waals surface area contributed by atoms with Gasteiger partial charge in [0.15, 0.2) is 0 Å². The smallest absolute Gasteiger partial charge is 0.119 e. The maximum atomic E-state index is 5.33. The summed E-state index contributed by atoms with van der Waals surface area (Å²) in [6.07, 6.45) is 0. The van der Waals surface area contributed by atoms with E-state index in [0.29, 0.717) is 13.2 Å². The first-order valence-corrected chi connectivity index (χ1v) is 5.35. The largest absolute Gasteiger partial charge is 0.497 e. The summed E-state index contributed by atoms with van der Waals surface area (Å²) in [4.78, 5) is 4.51. The lowest BCUT2D eigenvalue weighted by Crippen LogP contribution is -1.95. The van der Waals surface area contributed by atoms with Gasteiger partial charge in [0.05, 0.1) is 24.9 Å². The molecular formula is C13H15NO2. The molecule has 0 saturated heterocycles. The van der Waals surface area contributed by atoms with E-state index in [9.17, 15) is 0 Å². The topological polar surface area (TPSA) is 31.4 Å². The van der Waals surface area contributed by atoms with Crippen molar-refractivity contribution in [2.45, 2.75) is 13.5 Å². The van der Waals surface area contributed by atoms with Crippen LogP contribution < -0.4 is 4.74 Å². The second-order valence-electron chi connectivity index (χ2n) is 3.50. The van der Waals surface area contributed by atoms with Crippen LogP contribution in [-0.2, 0) is 11.3 Å². The third-order valence-electron chi connectivity index (χ3n) is 2.41. The molecule has 1 aromatic carbocycles. The zero-order valence-corrected chi connectivity index (χ0v) is 9.56. The number of aromatic nitrogens is 1. The van der Waals surface area contributed by atoms with Gasteiger partial charge in [-0.2, -0.15) is 0 Å². The van der Waals surface area contributed by atoms with Gasteiger partial charge >= 0.3 is 0 Å². The predicted molar refractivity (Wildman–Crippen MR) is 63.6 cm³/mol. The molecule has 0 spiro atoms. The van der Waals surface area contributed by atoms with Crippen molar-refractivity contribution >= 4 is 10.9 Å². The van der Waals surface area contributed by atoms with Gasteiger partial charge < -0.3 is 9.47 Å². The van der Waals surface area contributed by atoms with Gasteiger partial charge in [0.2, 0.25) is 0 Å². The minimum absolute atomic E-state index is 0.568. The van der Waals surface area contributed by atoms with Gasteiger partial charge in [-0.25, -0.2) is 0 Å². The molecule has 0 fully saturated rings. The zero-order chi connectivity index (χ0) is 11.4. The molecule has 0 saturated carbocycles. The second kappa shape index (κ2) is 4.94. The van der Waals surface area contributed by atoms with Crippen molar-refractivity contribution in [3.8, 4) is 5.75 Å². The van der Waals surface area contributed by atoms with Gasteiger partial charge in [-0.15, -0.1) is 0 Å². The third-order valence-corrected chi connectivity index (χ3v) is 2.41. The summed E-state index contributed by atoms with van der Waals surface area (Å²) in [5, 5.41) is 1.08. The summed E-state index contributed by atoms with van der Waals surface area (Å²) in [6, 6.07) is 9.88. The van der Waals surface area contributed by atoms with Crippen LogP contribution in [0.2, 0.25) is 0 Å². The number of rotatable bonds is 4. The number of hydrogen-bond acceptors (Lipinski definition) is 3. The van der Waals surface area contributed by atoms with Crippen LogP contribution in [0.5, 0.6) is 5.75 Å². The highest BCUT2D eigenvalue weighted by molar-refractivity contribution is 5.80. The number of hydrogen-bond donors (Lipinski definition) is 0. The molecule has 0 amide bonds. The van der Waals surface area contributed by atoms with Crippen molar-refractivity contribution in [3.05, 3.63) is 36.0 Å². The number of pyridine rings is 1. The summed E-state index contributed by atoms with van der Waals surface area (Å²) in [6.45, 7) is 3.26. The van der Waals surface area contributed by atoms with Gasteiger partial charge in [-0.1, -0.05) is 6.07 Å². The Kier molecular flexibility index (Phi) is 3.37. The van der Waals surface area contributed by atoms with Crippen molar-refractivity contribution < 1.29 is 9.47 Å². The van der Waals surface area contributed by atoms with E-state index in [1.807, 2.05) is 37.3 Å². The van der Waals surface area contributed by atoms with E-state index in [-0.39, 0.29) is 0 Å². The Bertz CT molecular complexity index is 482. The Morgan fingerprint density at radius 3 is 2.81 bits per heavy atom. The highest BCUT2D eigenvalue weighted by Gasteiger charge is 2.00. The van der Waals surface area contributed by atoms with E-state index in [4.69, 9.17) is 9.47 Å². The van der Waals surface area contributed by atoms with Crippen LogP contribution in [0.25, 0.3) is 10.9 Å². The van der Waals surface area contributed by atoms with Crippen LogP contribution in [0.3, 0.4) is 0 Å². The molecule has 3 heteroatoms. The van der Waals surface area contributed by atoms with Gasteiger partial charge in [0, 0.05) is 12.0 Å². The quantitative estimate of drug-likeness (QED) is 0.789. The van der Waals surface area contributed by atoms with E-state index in [1.165, 1.54) is 0 Å². The van der Waals surface area contributed by atoms with Gasteiger partial charge in [-0.3, -0.25) is 4.98 Å². The minimum Gasteiger partial charge on any atom is -0.497 e. The van der Waals surface area contributed by atoms with Crippen LogP contribution in [0.4, 0.5) is 0 Å². The van der Waals surface area contributed by atoms with Gasteiger partial charge in [0.25, 0.3) is 0 Å². The fourth-order valence-electron chi connectivity index (χ4n) is 1.56. The molecule has 2 aromatic rings. The molecule has 0 bridgehead atoms. The molecule has 0 aliphatic heterocycles. The lowest BCUT2D eigenvalue weighted by Gasteiger charge is -2.04. The van der Waals surface area contributed by atoms with Crippen LogP contribution in [-0.4, -0.2) is 18.7 Å². The average Bonchev–Trinajstić information content (AvgIpc) is 2.35. The lowest BCUT2D eigenvalue weighted by atomic mass is 10.2. The standard InChI is InChI=1S/C13H15NO2/c1-3-16-9-11-5-4-10-8-12(15-2)6-7-13(10)14-11/h4-8H,3,9H2,1-2H3. The second-order valence-corrected chi connectivity index (χ2v) is 3.50. The molecule has 0 aliphatic carbocycles. The van der Waals surface area contributed by atoms with E-state index < -0.39 is 0 Å². The first-order valence-electron chi connectivity index (χ1n) is 5.35. The number of fused-ring (bicyclic) bond motifs is 1. The zero-order valence-electron chi connectivity index (χ0n) is 9.56. The fourth-order valence-corrected chi connectivity index (χ4v) is 1.56. The molecule has 0 N–H and O–H groups in total. The van der Waals surface area contributed by atoms with Crippen LogP contribution in [0, 0.1) is 0 Å². The highest BCUT2D eigenvalue weighted by Crippen LogP contribution is 2.19. The molecule has 1 aromatic heterocycles. The predicted octanol–water partition coefficient (Wildman–Crippen LogP) is 2.78. The Morgan fingerprint density at radius 2 is 2.06 bits per heavy atom. The maximum Gasteiger partial charge on any atom is 0.119 e. The van der Waals surface area contributed by atoms with E-state index in [0.717, 1.165) is 22.3 Å². The molecule has 0 unspecified atom stereocenters.